The zero-order valence-electron chi connectivity index (χ0n) is 13.1. The number of carbonyl (C=O) groups excluding carboxylic acids is 1. The maximum Gasteiger partial charge on any atom is 0.254 e. The first-order chi connectivity index (χ1) is 11.3. The molecule has 1 saturated heterocycles. The van der Waals surface area contributed by atoms with E-state index in [1.54, 1.807) is 24.2 Å². The Morgan fingerprint density at radius 1 is 1.43 bits per heavy atom. The molecule has 7 nitrogen and oxygen atoms in total. The number of ether oxygens (including phenoxy) is 2. The minimum absolute atomic E-state index is 0.0186. The van der Waals surface area contributed by atoms with Crippen molar-refractivity contribution in [1.82, 2.24) is 19.9 Å². The summed E-state index contributed by atoms with van der Waals surface area (Å²) in [4.78, 5) is 14.7. The van der Waals surface area contributed by atoms with E-state index < -0.39 is 0 Å². The standard InChI is InChI=1S/C16H20N4O3/c1-22-12-14-11-19(8-9-23-14)16(21)15-5-3-2-4-13(15)10-20-7-6-17-18-20/h2-7,14H,8-12H2,1H3. The van der Waals surface area contributed by atoms with Crippen LogP contribution in [0.5, 0.6) is 0 Å². The lowest BCUT2D eigenvalue weighted by Gasteiger charge is -2.33. The van der Waals surface area contributed by atoms with E-state index in [0.29, 0.717) is 38.4 Å². The molecular weight excluding hydrogens is 296 g/mol. The van der Waals surface area contributed by atoms with Gasteiger partial charge in [-0.2, -0.15) is 0 Å². The van der Waals surface area contributed by atoms with Gasteiger partial charge in [0, 0.05) is 32.0 Å². The van der Waals surface area contributed by atoms with Gasteiger partial charge in [-0.15, -0.1) is 5.10 Å². The highest BCUT2D eigenvalue weighted by Crippen LogP contribution is 2.16. The lowest BCUT2D eigenvalue weighted by Crippen LogP contribution is -2.47. The number of carbonyl (C=O) groups is 1. The molecule has 7 heteroatoms. The molecule has 3 rings (SSSR count). The van der Waals surface area contributed by atoms with Crippen LogP contribution in [0.15, 0.2) is 36.7 Å². The monoisotopic (exact) mass is 316 g/mol. The SMILES string of the molecule is COCC1CN(C(=O)c2ccccc2Cn2ccnn2)CCO1. The van der Waals surface area contributed by atoms with E-state index in [-0.39, 0.29) is 12.0 Å². The molecule has 2 aromatic rings. The topological polar surface area (TPSA) is 69.5 Å². The Morgan fingerprint density at radius 3 is 3.09 bits per heavy atom. The molecule has 0 bridgehead atoms. The van der Waals surface area contributed by atoms with Crippen molar-refractivity contribution in [2.24, 2.45) is 0 Å². The van der Waals surface area contributed by atoms with Gasteiger partial charge in [0.1, 0.15) is 0 Å². The van der Waals surface area contributed by atoms with Crippen LogP contribution in [0.4, 0.5) is 0 Å². The predicted octanol–water partition coefficient (Wildman–Crippen LogP) is 0.814. The van der Waals surface area contributed by atoms with Gasteiger partial charge in [0.25, 0.3) is 5.91 Å². The van der Waals surface area contributed by atoms with Crippen molar-refractivity contribution >= 4 is 5.91 Å². The summed E-state index contributed by atoms with van der Waals surface area (Å²) in [5.74, 6) is 0.0186. The zero-order valence-corrected chi connectivity index (χ0v) is 13.1. The average Bonchev–Trinajstić information content (AvgIpc) is 3.08. The van der Waals surface area contributed by atoms with Crippen LogP contribution < -0.4 is 0 Å². The molecule has 0 N–H and O–H groups in total. The van der Waals surface area contributed by atoms with Crippen LogP contribution in [0.25, 0.3) is 0 Å². The number of methoxy groups -OCH3 is 1. The molecule has 1 unspecified atom stereocenters. The summed E-state index contributed by atoms with van der Waals surface area (Å²) >= 11 is 0. The largest absolute Gasteiger partial charge is 0.382 e. The highest BCUT2D eigenvalue weighted by atomic mass is 16.5. The molecule has 1 aromatic carbocycles. The van der Waals surface area contributed by atoms with E-state index in [9.17, 15) is 4.79 Å². The number of benzene rings is 1. The summed E-state index contributed by atoms with van der Waals surface area (Å²) in [5, 5.41) is 7.77. The molecule has 1 aliphatic rings. The summed E-state index contributed by atoms with van der Waals surface area (Å²) < 4.78 is 12.4. The maximum atomic E-state index is 12.9. The maximum absolute atomic E-state index is 12.9. The molecule has 0 aliphatic carbocycles. The van der Waals surface area contributed by atoms with Crippen molar-refractivity contribution in [2.45, 2.75) is 12.6 Å². The number of hydrogen-bond acceptors (Lipinski definition) is 5. The fourth-order valence-electron chi connectivity index (χ4n) is 2.72. The summed E-state index contributed by atoms with van der Waals surface area (Å²) in [6, 6.07) is 7.61. The van der Waals surface area contributed by atoms with Gasteiger partial charge in [-0.25, -0.2) is 4.68 Å². The fraction of sp³-hybridized carbons (Fsp3) is 0.438. The van der Waals surface area contributed by atoms with Crippen LogP contribution in [-0.4, -0.2) is 65.3 Å². The third-order valence-corrected chi connectivity index (χ3v) is 3.83. The van der Waals surface area contributed by atoms with Gasteiger partial charge in [0.2, 0.25) is 0 Å². The first-order valence-electron chi connectivity index (χ1n) is 7.59. The van der Waals surface area contributed by atoms with Crippen LogP contribution in [0, 0.1) is 0 Å². The molecule has 0 spiro atoms. The van der Waals surface area contributed by atoms with Gasteiger partial charge in [0.15, 0.2) is 0 Å². The number of nitrogens with zero attached hydrogens (tertiary/aromatic N) is 4. The van der Waals surface area contributed by atoms with Crippen molar-refractivity contribution in [3.05, 3.63) is 47.8 Å². The highest BCUT2D eigenvalue weighted by Gasteiger charge is 2.26. The summed E-state index contributed by atoms with van der Waals surface area (Å²) in [7, 11) is 1.64. The minimum atomic E-state index is -0.0693. The van der Waals surface area contributed by atoms with Gasteiger partial charge < -0.3 is 14.4 Å². The van der Waals surface area contributed by atoms with Crippen LogP contribution in [0.2, 0.25) is 0 Å². The number of aromatic nitrogens is 3. The molecule has 1 fully saturated rings. The Kier molecular flexibility index (Phi) is 4.99. The zero-order chi connectivity index (χ0) is 16.1. The van der Waals surface area contributed by atoms with Crippen molar-refractivity contribution in [3.63, 3.8) is 0 Å². The molecule has 1 amide bonds. The average molecular weight is 316 g/mol. The molecule has 23 heavy (non-hydrogen) atoms. The molecule has 1 aliphatic heterocycles. The first kappa shape index (κ1) is 15.6. The third-order valence-electron chi connectivity index (χ3n) is 3.83. The first-order valence-corrected chi connectivity index (χ1v) is 7.59. The minimum Gasteiger partial charge on any atom is -0.382 e. The molecule has 0 saturated carbocycles. The van der Waals surface area contributed by atoms with Gasteiger partial charge in [0.05, 0.1) is 32.1 Å². The van der Waals surface area contributed by atoms with E-state index >= 15 is 0 Å². The summed E-state index contributed by atoms with van der Waals surface area (Å²) in [6.07, 6.45) is 3.34. The molecule has 0 radical (unpaired) electrons. The van der Waals surface area contributed by atoms with Crippen LogP contribution in [0.3, 0.4) is 0 Å². The van der Waals surface area contributed by atoms with E-state index in [4.69, 9.17) is 9.47 Å². The van der Waals surface area contributed by atoms with Gasteiger partial charge >= 0.3 is 0 Å². The Balaban J connectivity index is 1.76. The molecule has 122 valence electrons. The van der Waals surface area contributed by atoms with E-state index in [2.05, 4.69) is 10.3 Å². The second-order valence-corrected chi connectivity index (χ2v) is 5.46. The quantitative estimate of drug-likeness (QED) is 0.816. The second kappa shape index (κ2) is 7.34. The van der Waals surface area contributed by atoms with E-state index in [1.807, 2.05) is 29.2 Å². The van der Waals surface area contributed by atoms with Gasteiger partial charge in [-0.3, -0.25) is 4.79 Å². The lowest BCUT2D eigenvalue weighted by atomic mass is 10.1. The number of rotatable bonds is 5. The molecule has 1 aromatic heterocycles. The van der Waals surface area contributed by atoms with Crippen molar-refractivity contribution in [1.29, 1.82) is 0 Å². The highest BCUT2D eigenvalue weighted by molar-refractivity contribution is 5.95. The Bertz CT molecular complexity index is 643. The van der Waals surface area contributed by atoms with Crippen molar-refractivity contribution in [2.75, 3.05) is 33.4 Å². The van der Waals surface area contributed by atoms with Gasteiger partial charge in [-0.05, 0) is 11.6 Å². The van der Waals surface area contributed by atoms with Crippen LogP contribution in [0.1, 0.15) is 15.9 Å². The van der Waals surface area contributed by atoms with Crippen LogP contribution in [-0.2, 0) is 16.0 Å². The van der Waals surface area contributed by atoms with Crippen molar-refractivity contribution in [3.8, 4) is 0 Å². The second-order valence-electron chi connectivity index (χ2n) is 5.46. The lowest BCUT2D eigenvalue weighted by molar-refractivity contribution is -0.0531. The third kappa shape index (κ3) is 3.75. The number of amides is 1. The summed E-state index contributed by atoms with van der Waals surface area (Å²) in [5.41, 5.74) is 1.62. The van der Waals surface area contributed by atoms with Crippen molar-refractivity contribution < 1.29 is 14.3 Å². The molecule has 1 atom stereocenters. The Labute approximate surface area is 134 Å². The Morgan fingerprint density at radius 2 is 2.30 bits per heavy atom. The van der Waals surface area contributed by atoms with Gasteiger partial charge in [-0.1, -0.05) is 23.4 Å². The normalized spacial score (nSPS) is 18.1. The van der Waals surface area contributed by atoms with E-state index in [1.165, 1.54) is 0 Å². The summed E-state index contributed by atoms with van der Waals surface area (Å²) in [6.45, 7) is 2.68. The smallest absolute Gasteiger partial charge is 0.254 e. The Hall–Kier alpha value is -2.25. The fourth-order valence-corrected chi connectivity index (χ4v) is 2.72. The predicted molar refractivity (Wildman–Crippen MR) is 83.1 cm³/mol. The number of morpholine rings is 1. The van der Waals surface area contributed by atoms with E-state index in [0.717, 1.165) is 5.56 Å². The molecular formula is C16H20N4O3. The molecule has 2 heterocycles. The van der Waals surface area contributed by atoms with Crippen LogP contribution >= 0.6 is 0 Å². The number of hydrogen-bond donors (Lipinski definition) is 0.